The van der Waals surface area contributed by atoms with E-state index in [2.05, 4.69) is 16.0 Å². The second-order valence-corrected chi connectivity index (χ2v) is 8.71. The van der Waals surface area contributed by atoms with Gasteiger partial charge in [0, 0.05) is 12.8 Å². The minimum absolute atomic E-state index is 0.0195. The Hall–Kier alpha value is -4.04. The number of carboxylic acids is 2. The van der Waals surface area contributed by atoms with Gasteiger partial charge in [0.2, 0.25) is 23.6 Å². The third kappa shape index (κ3) is 12.3. The first-order valence-electron chi connectivity index (χ1n) is 12.1. The lowest BCUT2D eigenvalue weighted by atomic mass is 10.0. The summed E-state index contributed by atoms with van der Waals surface area (Å²) in [5, 5.41) is 25.8. The van der Waals surface area contributed by atoms with E-state index in [0.717, 1.165) is 0 Å². The first-order chi connectivity index (χ1) is 17.9. The van der Waals surface area contributed by atoms with Crippen molar-refractivity contribution in [3.05, 3.63) is 35.9 Å². The Kier molecular flexibility index (Phi) is 14.0. The molecule has 0 aromatic heterocycles. The molecular weight excluding hydrogens is 500 g/mol. The van der Waals surface area contributed by atoms with Crippen LogP contribution >= 0.6 is 0 Å². The van der Waals surface area contributed by atoms with E-state index in [4.69, 9.17) is 22.3 Å². The van der Waals surface area contributed by atoms with Crippen LogP contribution in [0.25, 0.3) is 0 Å². The molecule has 0 aliphatic rings. The van der Waals surface area contributed by atoms with Crippen LogP contribution in [0, 0.1) is 0 Å². The number of carbonyl (C=O) groups is 6. The molecule has 0 aliphatic carbocycles. The number of hydrogen-bond donors (Lipinski definition) is 8. The summed E-state index contributed by atoms with van der Waals surface area (Å²) < 4.78 is 0. The molecule has 0 radical (unpaired) electrons. The topological polar surface area (TPSA) is 257 Å². The van der Waals surface area contributed by atoms with Gasteiger partial charge >= 0.3 is 11.9 Å². The molecule has 0 fully saturated rings. The molecule has 1 aromatic carbocycles. The van der Waals surface area contributed by atoms with Gasteiger partial charge in [-0.05, 0) is 37.8 Å². The number of primary amides is 1. The van der Waals surface area contributed by atoms with Crippen molar-refractivity contribution in [1.82, 2.24) is 16.0 Å². The maximum absolute atomic E-state index is 13.1. The zero-order chi connectivity index (χ0) is 28.7. The molecule has 0 saturated heterocycles. The highest BCUT2D eigenvalue weighted by Gasteiger charge is 2.31. The van der Waals surface area contributed by atoms with Crippen molar-refractivity contribution in [3.63, 3.8) is 0 Å². The molecule has 1 rings (SSSR count). The first-order valence-corrected chi connectivity index (χ1v) is 12.1. The van der Waals surface area contributed by atoms with Gasteiger partial charge in [0.15, 0.2) is 0 Å². The smallest absolute Gasteiger partial charge is 0.326 e. The molecule has 0 aliphatic heterocycles. The number of unbranched alkanes of at least 4 members (excludes halogenated alkanes) is 1. The number of nitrogens with two attached hydrogens (primary N) is 3. The van der Waals surface area contributed by atoms with Crippen LogP contribution in [-0.4, -0.2) is 76.5 Å². The number of carboxylic acid groups (broad SMARTS) is 2. The van der Waals surface area contributed by atoms with E-state index < -0.39 is 72.6 Å². The van der Waals surface area contributed by atoms with Crippen LogP contribution in [0.1, 0.15) is 44.1 Å². The summed E-state index contributed by atoms with van der Waals surface area (Å²) in [4.78, 5) is 72.4. The lowest BCUT2D eigenvalue weighted by Crippen LogP contribution is -2.57. The Bertz CT molecular complexity index is 974. The minimum Gasteiger partial charge on any atom is -0.481 e. The van der Waals surface area contributed by atoms with E-state index in [1.807, 2.05) is 0 Å². The molecular formula is C24H36N6O8. The summed E-state index contributed by atoms with van der Waals surface area (Å²) in [5.74, 6) is -5.93. The monoisotopic (exact) mass is 536 g/mol. The average Bonchev–Trinajstić information content (AvgIpc) is 2.85. The second-order valence-electron chi connectivity index (χ2n) is 8.71. The summed E-state index contributed by atoms with van der Waals surface area (Å²) in [6.45, 7) is 0.361. The fourth-order valence-corrected chi connectivity index (χ4v) is 3.48. The number of nitrogens with one attached hydrogen (secondary N) is 3. The molecule has 0 spiro atoms. The van der Waals surface area contributed by atoms with Crippen LogP contribution in [0.5, 0.6) is 0 Å². The molecule has 0 saturated carbocycles. The van der Waals surface area contributed by atoms with Gasteiger partial charge in [0.1, 0.15) is 18.1 Å². The first kappa shape index (κ1) is 32.0. The Morgan fingerprint density at radius 2 is 1.37 bits per heavy atom. The van der Waals surface area contributed by atoms with E-state index in [0.29, 0.717) is 24.9 Å². The molecule has 0 bridgehead atoms. The fourth-order valence-electron chi connectivity index (χ4n) is 3.48. The van der Waals surface area contributed by atoms with Crippen molar-refractivity contribution in [2.45, 2.75) is 69.1 Å². The van der Waals surface area contributed by atoms with Gasteiger partial charge in [0.05, 0.1) is 12.5 Å². The maximum Gasteiger partial charge on any atom is 0.326 e. The van der Waals surface area contributed by atoms with Gasteiger partial charge in [-0.25, -0.2) is 4.79 Å². The molecule has 14 heteroatoms. The van der Waals surface area contributed by atoms with E-state index in [-0.39, 0.29) is 19.3 Å². The van der Waals surface area contributed by atoms with E-state index in [1.54, 1.807) is 30.3 Å². The lowest BCUT2D eigenvalue weighted by Gasteiger charge is -2.25. The van der Waals surface area contributed by atoms with Crippen molar-refractivity contribution in [1.29, 1.82) is 0 Å². The summed E-state index contributed by atoms with van der Waals surface area (Å²) in [6.07, 6.45) is -0.217. The predicted octanol–water partition coefficient (Wildman–Crippen LogP) is -2.04. The van der Waals surface area contributed by atoms with Crippen molar-refractivity contribution >= 4 is 35.6 Å². The number of benzene rings is 1. The van der Waals surface area contributed by atoms with Gasteiger partial charge in [-0.1, -0.05) is 30.3 Å². The molecule has 1 aromatic rings. The quantitative estimate of drug-likeness (QED) is 0.0953. The highest BCUT2D eigenvalue weighted by molar-refractivity contribution is 5.95. The van der Waals surface area contributed by atoms with E-state index in [9.17, 15) is 33.9 Å². The van der Waals surface area contributed by atoms with Crippen LogP contribution < -0.4 is 33.2 Å². The van der Waals surface area contributed by atoms with Crippen molar-refractivity contribution in [2.75, 3.05) is 6.54 Å². The summed E-state index contributed by atoms with van der Waals surface area (Å²) in [5.41, 5.74) is 16.8. The number of aliphatic carboxylic acids is 2. The largest absolute Gasteiger partial charge is 0.481 e. The maximum atomic E-state index is 13.1. The van der Waals surface area contributed by atoms with Gasteiger partial charge in [0.25, 0.3) is 0 Å². The van der Waals surface area contributed by atoms with Gasteiger partial charge in [-0.3, -0.25) is 24.0 Å². The molecule has 0 heterocycles. The zero-order valence-corrected chi connectivity index (χ0v) is 20.9. The average molecular weight is 537 g/mol. The second kappa shape index (κ2) is 16.7. The van der Waals surface area contributed by atoms with Crippen molar-refractivity contribution in [3.8, 4) is 0 Å². The normalized spacial score (nSPS) is 13.8. The highest BCUT2D eigenvalue weighted by atomic mass is 16.4. The number of hydrogen-bond acceptors (Lipinski definition) is 8. The molecule has 4 unspecified atom stereocenters. The Morgan fingerprint density at radius 3 is 1.92 bits per heavy atom. The number of carbonyl (C=O) groups excluding carboxylic acids is 4. The highest BCUT2D eigenvalue weighted by Crippen LogP contribution is 2.08. The van der Waals surface area contributed by atoms with Crippen LogP contribution in [-0.2, 0) is 35.2 Å². The van der Waals surface area contributed by atoms with Gasteiger partial charge < -0.3 is 43.4 Å². The molecule has 4 atom stereocenters. The molecule has 4 amide bonds. The standard InChI is InChI=1S/C24H36N6O8/c25-11-5-4-8-17(24(37)38)29-23(36)18(12-14-6-2-1-3-7-14)30-22(35)16(9-10-20(32)33)28-21(34)15(26)13-19(27)31/h1-3,6-7,15-18H,4-5,8-13,25-26H2,(H2,27,31)(H,28,34)(H,29,36)(H,30,35)(H,32,33)(H,37,38). The number of rotatable bonds is 18. The Morgan fingerprint density at radius 1 is 0.789 bits per heavy atom. The van der Waals surface area contributed by atoms with Crippen LogP contribution in [0.4, 0.5) is 0 Å². The SMILES string of the molecule is NCCCCC(NC(=O)C(Cc1ccccc1)NC(=O)C(CCC(=O)O)NC(=O)C(N)CC(N)=O)C(=O)O. The lowest BCUT2D eigenvalue weighted by molar-refractivity contribution is -0.142. The van der Waals surface area contributed by atoms with Crippen LogP contribution in [0.15, 0.2) is 30.3 Å². The zero-order valence-electron chi connectivity index (χ0n) is 20.9. The third-order valence-corrected chi connectivity index (χ3v) is 5.51. The van der Waals surface area contributed by atoms with E-state index >= 15 is 0 Å². The third-order valence-electron chi connectivity index (χ3n) is 5.51. The summed E-state index contributed by atoms with van der Waals surface area (Å²) >= 11 is 0. The summed E-state index contributed by atoms with van der Waals surface area (Å²) in [6, 6.07) is 3.32. The van der Waals surface area contributed by atoms with E-state index in [1.165, 1.54) is 0 Å². The van der Waals surface area contributed by atoms with Crippen LogP contribution in [0.2, 0.25) is 0 Å². The van der Waals surface area contributed by atoms with Gasteiger partial charge in [-0.2, -0.15) is 0 Å². The van der Waals surface area contributed by atoms with Crippen LogP contribution in [0.3, 0.4) is 0 Å². The molecule has 210 valence electrons. The molecule has 38 heavy (non-hydrogen) atoms. The number of amides is 4. The van der Waals surface area contributed by atoms with Gasteiger partial charge in [-0.15, -0.1) is 0 Å². The Labute approximate surface area is 219 Å². The minimum atomic E-state index is -1.41. The molecule has 11 N–H and O–H groups in total. The summed E-state index contributed by atoms with van der Waals surface area (Å²) in [7, 11) is 0. The van der Waals surface area contributed by atoms with Crippen molar-refractivity contribution < 1.29 is 39.0 Å². The predicted molar refractivity (Wildman–Crippen MR) is 135 cm³/mol. The Balaban J connectivity index is 3.12. The molecule has 14 nitrogen and oxygen atoms in total. The van der Waals surface area contributed by atoms with Crippen molar-refractivity contribution in [2.24, 2.45) is 17.2 Å². The fraction of sp³-hybridized carbons (Fsp3) is 0.500.